The van der Waals surface area contributed by atoms with Gasteiger partial charge in [-0.25, -0.2) is 4.98 Å². The third-order valence-corrected chi connectivity index (χ3v) is 2.47. The zero-order valence-corrected chi connectivity index (χ0v) is 7.71. The molecule has 6 heteroatoms. The van der Waals surface area contributed by atoms with Crippen LogP contribution in [0.15, 0.2) is 10.0 Å². The van der Waals surface area contributed by atoms with E-state index in [1.54, 1.807) is 5.51 Å². The fourth-order valence-corrected chi connectivity index (χ4v) is 1.64. The summed E-state index contributed by atoms with van der Waals surface area (Å²) in [6, 6.07) is 0. The maximum atomic E-state index is 8.72. The summed E-state index contributed by atoms with van der Waals surface area (Å²) in [4.78, 5) is 8.88. The van der Waals surface area contributed by atoms with Gasteiger partial charge in [0.1, 0.15) is 11.5 Å². The van der Waals surface area contributed by atoms with Crippen molar-refractivity contribution in [3.05, 3.63) is 17.0 Å². The molecule has 0 bridgehead atoms. The van der Waals surface area contributed by atoms with Gasteiger partial charge in [-0.15, -0.1) is 11.3 Å². The summed E-state index contributed by atoms with van der Waals surface area (Å²) in [5, 5.41) is 12.3. The van der Waals surface area contributed by atoms with Crippen molar-refractivity contribution in [2.45, 2.75) is 13.5 Å². The van der Waals surface area contributed by atoms with Crippen molar-refractivity contribution in [3.8, 4) is 10.8 Å². The molecule has 0 saturated carbocycles. The molecule has 2 rings (SSSR count). The van der Waals surface area contributed by atoms with Crippen LogP contribution in [0.25, 0.3) is 10.8 Å². The van der Waals surface area contributed by atoms with E-state index < -0.39 is 0 Å². The predicted molar refractivity (Wildman–Crippen MR) is 46.1 cm³/mol. The first kappa shape index (κ1) is 8.33. The average molecular weight is 197 g/mol. The summed E-state index contributed by atoms with van der Waals surface area (Å²) in [7, 11) is 0. The lowest BCUT2D eigenvalue weighted by molar-refractivity contribution is 0.264. The number of aliphatic hydroxyl groups is 1. The number of hydrogen-bond donors (Lipinski definition) is 1. The highest BCUT2D eigenvalue weighted by molar-refractivity contribution is 7.13. The van der Waals surface area contributed by atoms with Crippen LogP contribution in [0, 0.1) is 6.92 Å². The monoisotopic (exact) mass is 197 g/mol. The van der Waals surface area contributed by atoms with Crippen LogP contribution < -0.4 is 0 Å². The number of aromatic nitrogens is 3. The smallest absolute Gasteiger partial charge is 0.270 e. The average Bonchev–Trinajstić information content (AvgIpc) is 2.71. The van der Waals surface area contributed by atoms with E-state index in [2.05, 4.69) is 15.1 Å². The van der Waals surface area contributed by atoms with Crippen molar-refractivity contribution in [2.75, 3.05) is 0 Å². The standard InChI is InChI=1S/C7H7N3O2S/c1-4-6(13-3-8-4)7-9-5(2-11)10-12-7/h3,11H,2H2,1H3. The molecule has 2 aromatic heterocycles. The second-order valence-corrected chi connectivity index (χ2v) is 3.30. The molecule has 0 radical (unpaired) electrons. The Morgan fingerprint density at radius 2 is 2.46 bits per heavy atom. The number of thiazole rings is 1. The van der Waals surface area contributed by atoms with Gasteiger partial charge in [-0.3, -0.25) is 0 Å². The van der Waals surface area contributed by atoms with Gasteiger partial charge in [-0.05, 0) is 6.92 Å². The molecule has 0 aliphatic heterocycles. The van der Waals surface area contributed by atoms with Crippen LogP contribution in [0.1, 0.15) is 11.5 Å². The molecule has 0 atom stereocenters. The largest absolute Gasteiger partial charge is 0.388 e. The maximum absolute atomic E-state index is 8.72. The predicted octanol–water partition coefficient (Wildman–Crippen LogP) is 0.994. The van der Waals surface area contributed by atoms with Crippen molar-refractivity contribution in [2.24, 2.45) is 0 Å². The molecule has 1 N–H and O–H groups in total. The van der Waals surface area contributed by atoms with Gasteiger partial charge >= 0.3 is 0 Å². The maximum Gasteiger partial charge on any atom is 0.270 e. The van der Waals surface area contributed by atoms with Crippen LogP contribution in [0.4, 0.5) is 0 Å². The summed E-state index contributed by atoms with van der Waals surface area (Å²) in [5.41, 5.74) is 2.58. The minimum Gasteiger partial charge on any atom is -0.388 e. The molecule has 0 aliphatic carbocycles. The van der Waals surface area contributed by atoms with Crippen LogP contribution in [0.3, 0.4) is 0 Å². The molecule has 0 unspecified atom stereocenters. The van der Waals surface area contributed by atoms with Gasteiger partial charge in [-0.2, -0.15) is 4.98 Å². The summed E-state index contributed by atoms with van der Waals surface area (Å²) >= 11 is 1.44. The van der Waals surface area contributed by atoms with Crippen LogP contribution >= 0.6 is 11.3 Å². The zero-order valence-electron chi connectivity index (χ0n) is 6.89. The minimum absolute atomic E-state index is 0.207. The number of hydrogen-bond acceptors (Lipinski definition) is 6. The molecular weight excluding hydrogens is 190 g/mol. The van der Waals surface area contributed by atoms with Crippen LogP contribution in [-0.2, 0) is 6.61 Å². The highest BCUT2D eigenvalue weighted by atomic mass is 32.1. The summed E-state index contributed by atoms with van der Waals surface area (Å²) < 4.78 is 4.93. The van der Waals surface area contributed by atoms with Gasteiger partial charge in [0.25, 0.3) is 5.89 Å². The van der Waals surface area contributed by atoms with E-state index in [1.165, 1.54) is 11.3 Å². The Labute approximate surface area is 78.1 Å². The van der Waals surface area contributed by atoms with E-state index in [4.69, 9.17) is 9.63 Å². The van der Waals surface area contributed by atoms with Crippen molar-refractivity contribution in [1.82, 2.24) is 15.1 Å². The van der Waals surface area contributed by atoms with Gasteiger partial charge in [0.2, 0.25) is 0 Å². The summed E-state index contributed by atoms with van der Waals surface area (Å²) in [6.45, 7) is 1.66. The molecular formula is C7H7N3O2S. The summed E-state index contributed by atoms with van der Waals surface area (Å²) in [5.74, 6) is 0.715. The molecule has 0 amide bonds. The van der Waals surface area contributed by atoms with E-state index in [9.17, 15) is 0 Å². The van der Waals surface area contributed by atoms with Gasteiger partial charge in [0.05, 0.1) is 11.2 Å². The first-order valence-electron chi connectivity index (χ1n) is 3.65. The van der Waals surface area contributed by atoms with Gasteiger partial charge < -0.3 is 9.63 Å². The topological polar surface area (TPSA) is 72.0 Å². The quantitative estimate of drug-likeness (QED) is 0.777. The first-order chi connectivity index (χ1) is 6.31. The highest BCUT2D eigenvalue weighted by Crippen LogP contribution is 2.24. The molecule has 5 nitrogen and oxygen atoms in total. The molecule has 68 valence electrons. The number of nitrogens with zero attached hydrogens (tertiary/aromatic N) is 3. The Morgan fingerprint density at radius 3 is 3.00 bits per heavy atom. The Kier molecular flexibility index (Phi) is 2.07. The number of aliphatic hydroxyl groups excluding tert-OH is 1. The lowest BCUT2D eigenvalue weighted by atomic mass is 10.4. The molecule has 0 spiro atoms. The summed E-state index contributed by atoms with van der Waals surface area (Å²) in [6.07, 6.45) is 0. The molecule has 0 fully saturated rings. The van der Waals surface area contributed by atoms with Crippen molar-refractivity contribution in [1.29, 1.82) is 0 Å². The Morgan fingerprint density at radius 1 is 1.62 bits per heavy atom. The number of rotatable bonds is 2. The van der Waals surface area contributed by atoms with E-state index in [0.717, 1.165) is 10.6 Å². The van der Waals surface area contributed by atoms with Crippen molar-refractivity contribution >= 4 is 11.3 Å². The number of aryl methyl sites for hydroxylation is 1. The second-order valence-electron chi connectivity index (χ2n) is 2.44. The van der Waals surface area contributed by atoms with Crippen LogP contribution in [0.5, 0.6) is 0 Å². The lowest BCUT2D eigenvalue weighted by Gasteiger charge is -1.86. The Balaban J connectivity index is 2.41. The second kappa shape index (κ2) is 3.23. The minimum atomic E-state index is -0.207. The van der Waals surface area contributed by atoms with E-state index in [0.29, 0.717) is 11.7 Å². The van der Waals surface area contributed by atoms with E-state index in [1.807, 2.05) is 6.92 Å². The molecule has 2 heterocycles. The van der Waals surface area contributed by atoms with E-state index >= 15 is 0 Å². The molecule has 2 aromatic rings. The lowest BCUT2D eigenvalue weighted by Crippen LogP contribution is -1.84. The first-order valence-corrected chi connectivity index (χ1v) is 4.53. The van der Waals surface area contributed by atoms with Crippen molar-refractivity contribution in [3.63, 3.8) is 0 Å². The third-order valence-electron chi connectivity index (χ3n) is 1.55. The fraction of sp³-hybridized carbons (Fsp3) is 0.286. The fourth-order valence-electron chi connectivity index (χ4n) is 0.918. The van der Waals surface area contributed by atoms with Crippen molar-refractivity contribution < 1.29 is 9.63 Å². The molecule has 13 heavy (non-hydrogen) atoms. The van der Waals surface area contributed by atoms with Gasteiger partial charge in [0.15, 0.2) is 5.82 Å². The molecule has 0 saturated heterocycles. The third kappa shape index (κ3) is 1.45. The van der Waals surface area contributed by atoms with Crippen LogP contribution in [-0.4, -0.2) is 20.2 Å². The normalized spacial score (nSPS) is 10.6. The van der Waals surface area contributed by atoms with Gasteiger partial charge in [0, 0.05) is 0 Å². The Bertz CT molecular complexity index is 409. The van der Waals surface area contributed by atoms with E-state index in [-0.39, 0.29) is 6.61 Å². The van der Waals surface area contributed by atoms with Gasteiger partial charge in [-0.1, -0.05) is 5.16 Å². The zero-order chi connectivity index (χ0) is 9.26. The molecule has 0 aromatic carbocycles. The highest BCUT2D eigenvalue weighted by Gasteiger charge is 2.12. The SMILES string of the molecule is Cc1ncsc1-c1nc(CO)no1. The Hall–Kier alpha value is -1.27. The molecule has 0 aliphatic rings. The van der Waals surface area contributed by atoms with Crippen LogP contribution in [0.2, 0.25) is 0 Å².